The molecule has 0 radical (unpaired) electrons. The van der Waals surface area contributed by atoms with Crippen molar-refractivity contribution in [3.63, 3.8) is 0 Å². The molecular weight excluding hydrogens is 213 g/mol. The highest BCUT2D eigenvalue weighted by molar-refractivity contribution is 14.1. The van der Waals surface area contributed by atoms with Crippen LogP contribution in [0.25, 0.3) is 0 Å². The number of rotatable bonds is 2. The third-order valence-corrected chi connectivity index (χ3v) is 2.65. The van der Waals surface area contributed by atoms with E-state index < -0.39 is 0 Å². The quantitative estimate of drug-likeness (QED) is 0.432. The number of alkyl halides is 1. The molecule has 0 fully saturated rings. The molecule has 0 amide bonds. The lowest BCUT2D eigenvalue weighted by Crippen LogP contribution is -2.13. The van der Waals surface area contributed by atoms with Gasteiger partial charge < -0.3 is 5.73 Å². The molecule has 0 spiro atoms. The molecule has 1 unspecified atom stereocenters. The molecule has 0 saturated carbocycles. The predicted molar refractivity (Wildman–Crippen MR) is 46.3 cm³/mol. The summed E-state index contributed by atoms with van der Waals surface area (Å²) in [5.74, 6) is 0. The lowest BCUT2D eigenvalue weighted by atomic mass is 10.2. The molecule has 0 aliphatic carbocycles. The molecule has 0 aromatic rings. The van der Waals surface area contributed by atoms with Crippen molar-refractivity contribution >= 4 is 22.6 Å². The number of halogens is 1. The fourth-order valence-electron chi connectivity index (χ4n) is 0.367. The van der Waals surface area contributed by atoms with Crippen molar-refractivity contribution in [1.29, 1.82) is 0 Å². The first-order valence-corrected chi connectivity index (χ1v) is 3.94. The van der Waals surface area contributed by atoms with Crippen LogP contribution in [0.5, 0.6) is 0 Å². The van der Waals surface area contributed by atoms with Gasteiger partial charge in [0.05, 0.1) is 0 Å². The van der Waals surface area contributed by atoms with Crippen molar-refractivity contribution < 1.29 is 0 Å². The maximum atomic E-state index is 5.40. The first kappa shape index (κ1) is 8.43. The topological polar surface area (TPSA) is 26.0 Å². The van der Waals surface area contributed by atoms with Crippen LogP contribution in [0.3, 0.4) is 0 Å². The molecule has 2 N–H and O–H groups in total. The number of hydrogen-bond acceptors (Lipinski definition) is 1. The van der Waals surface area contributed by atoms with Gasteiger partial charge in [-0.15, -0.1) is 0 Å². The zero-order valence-electron chi connectivity index (χ0n) is 5.32. The Kier molecular flexibility index (Phi) is 4.56. The zero-order chi connectivity index (χ0) is 6.57. The molecule has 0 aliphatic rings. The van der Waals surface area contributed by atoms with Gasteiger partial charge in [0.2, 0.25) is 0 Å². The molecule has 0 aliphatic heterocycles. The third kappa shape index (κ3) is 2.67. The minimum Gasteiger partial charge on any atom is -0.329 e. The number of allylic oxidation sites excluding steroid dienone is 1. The van der Waals surface area contributed by atoms with Crippen LogP contribution in [0.1, 0.15) is 13.8 Å². The Hall–Kier alpha value is 0.430. The molecule has 0 saturated heterocycles. The van der Waals surface area contributed by atoms with E-state index in [4.69, 9.17) is 5.73 Å². The molecule has 1 nitrogen and oxygen atoms in total. The lowest BCUT2D eigenvalue weighted by molar-refractivity contribution is 0.995. The fourth-order valence-corrected chi connectivity index (χ4v) is 0.726. The minimum atomic E-state index is 0.526. The van der Waals surface area contributed by atoms with Crippen molar-refractivity contribution in [2.45, 2.75) is 17.8 Å². The summed E-state index contributed by atoms with van der Waals surface area (Å²) in [5, 5.41) is 0. The molecule has 2 heteroatoms. The van der Waals surface area contributed by atoms with Gasteiger partial charge >= 0.3 is 0 Å². The van der Waals surface area contributed by atoms with Crippen LogP contribution in [0, 0.1) is 0 Å². The Bertz CT molecular complexity index is 88.5. The van der Waals surface area contributed by atoms with Crippen LogP contribution in [0.15, 0.2) is 11.6 Å². The van der Waals surface area contributed by atoms with Crippen molar-refractivity contribution in [3.8, 4) is 0 Å². The monoisotopic (exact) mass is 225 g/mol. The number of hydrogen-bond donors (Lipinski definition) is 1. The van der Waals surface area contributed by atoms with Crippen LogP contribution in [0.4, 0.5) is 0 Å². The van der Waals surface area contributed by atoms with E-state index >= 15 is 0 Å². The Morgan fingerprint density at radius 1 is 1.88 bits per heavy atom. The summed E-state index contributed by atoms with van der Waals surface area (Å²) in [4.78, 5) is 0. The normalized spacial score (nSPS) is 16.2. The second-order valence-corrected chi connectivity index (χ2v) is 3.24. The van der Waals surface area contributed by atoms with Gasteiger partial charge in [-0.1, -0.05) is 34.2 Å². The maximum absolute atomic E-state index is 5.40. The van der Waals surface area contributed by atoms with Crippen molar-refractivity contribution in [1.82, 2.24) is 0 Å². The second kappa shape index (κ2) is 4.32. The second-order valence-electron chi connectivity index (χ2n) is 1.74. The van der Waals surface area contributed by atoms with E-state index in [1.807, 2.05) is 6.92 Å². The van der Waals surface area contributed by atoms with E-state index in [1.54, 1.807) is 0 Å². The lowest BCUT2D eigenvalue weighted by Gasteiger charge is -2.04. The Morgan fingerprint density at radius 3 is 2.50 bits per heavy atom. The molecular formula is C6H12IN. The standard InChI is InChI=1S/C6H12IN/c1-3-5(2)6(7)4-8/h3,6H,4,8H2,1-2H3/b5-3+. The van der Waals surface area contributed by atoms with Gasteiger partial charge in [-0.25, -0.2) is 0 Å². The molecule has 1 atom stereocenters. The van der Waals surface area contributed by atoms with E-state index in [1.165, 1.54) is 5.57 Å². The maximum Gasteiger partial charge on any atom is 0.0438 e. The molecule has 0 bridgehead atoms. The minimum absolute atomic E-state index is 0.526. The van der Waals surface area contributed by atoms with Crippen molar-refractivity contribution in [3.05, 3.63) is 11.6 Å². The zero-order valence-corrected chi connectivity index (χ0v) is 7.47. The molecule has 0 heterocycles. The summed E-state index contributed by atoms with van der Waals surface area (Å²) >= 11 is 2.34. The van der Waals surface area contributed by atoms with Gasteiger partial charge in [-0.3, -0.25) is 0 Å². The van der Waals surface area contributed by atoms with E-state index in [2.05, 4.69) is 35.6 Å². The smallest absolute Gasteiger partial charge is 0.0438 e. The summed E-state index contributed by atoms with van der Waals surface area (Å²) < 4.78 is 0.526. The Labute approximate surface area is 64.5 Å². The van der Waals surface area contributed by atoms with Gasteiger partial charge in [0.15, 0.2) is 0 Å². The highest BCUT2D eigenvalue weighted by atomic mass is 127. The average Bonchev–Trinajstić information content (AvgIpc) is 1.84. The predicted octanol–water partition coefficient (Wildman–Crippen LogP) is 1.71. The van der Waals surface area contributed by atoms with Crippen LogP contribution in [-0.4, -0.2) is 10.5 Å². The molecule has 0 rings (SSSR count). The van der Waals surface area contributed by atoms with Crippen molar-refractivity contribution in [2.24, 2.45) is 5.73 Å². The van der Waals surface area contributed by atoms with Crippen molar-refractivity contribution in [2.75, 3.05) is 6.54 Å². The summed E-state index contributed by atoms with van der Waals surface area (Å²) in [6.45, 7) is 4.89. The van der Waals surface area contributed by atoms with Crippen LogP contribution < -0.4 is 5.73 Å². The highest BCUT2D eigenvalue weighted by Crippen LogP contribution is 2.09. The van der Waals surface area contributed by atoms with Gasteiger partial charge in [0, 0.05) is 10.5 Å². The highest BCUT2D eigenvalue weighted by Gasteiger charge is 1.99. The van der Waals surface area contributed by atoms with Crippen LogP contribution in [0.2, 0.25) is 0 Å². The Morgan fingerprint density at radius 2 is 2.38 bits per heavy atom. The van der Waals surface area contributed by atoms with E-state index in [0.717, 1.165) is 6.54 Å². The summed E-state index contributed by atoms with van der Waals surface area (Å²) in [5.41, 5.74) is 6.77. The van der Waals surface area contributed by atoms with Gasteiger partial charge in [-0.05, 0) is 13.8 Å². The first-order valence-electron chi connectivity index (χ1n) is 2.69. The average molecular weight is 225 g/mol. The summed E-state index contributed by atoms with van der Waals surface area (Å²) in [6.07, 6.45) is 2.10. The summed E-state index contributed by atoms with van der Waals surface area (Å²) in [6, 6.07) is 0. The largest absolute Gasteiger partial charge is 0.329 e. The van der Waals surface area contributed by atoms with Gasteiger partial charge in [0.1, 0.15) is 0 Å². The SMILES string of the molecule is C/C=C(\C)C(I)CN. The third-order valence-electron chi connectivity index (χ3n) is 1.16. The summed E-state index contributed by atoms with van der Waals surface area (Å²) in [7, 11) is 0. The van der Waals surface area contributed by atoms with Gasteiger partial charge in [-0.2, -0.15) is 0 Å². The van der Waals surface area contributed by atoms with Gasteiger partial charge in [0.25, 0.3) is 0 Å². The van der Waals surface area contributed by atoms with E-state index in [0.29, 0.717) is 3.92 Å². The molecule has 0 aromatic carbocycles. The van der Waals surface area contributed by atoms with E-state index in [-0.39, 0.29) is 0 Å². The molecule has 0 aromatic heterocycles. The molecule has 8 heavy (non-hydrogen) atoms. The van der Waals surface area contributed by atoms with Crippen LogP contribution in [-0.2, 0) is 0 Å². The van der Waals surface area contributed by atoms with Crippen LogP contribution >= 0.6 is 22.6 Å². The first-order chi connectivity index (χ1) is 3.72. The van der Waals surface area contributed by atoms with E-state index in [9.17, 15) is 0 Å². The Balaban J connectivity index is 3.63. The number of nitrogens with two attached hydrogens (primary N) is 1. The molecule has 48 valence electrons. The fraction of sp³-hybridized carbons (Fsp3) is 0.667.